The predicted octanol–water partition coefficient (Wildman–Crippen LogP) is 3.43. The maximum Gasteiger partial charge on any atom is 0.231 e. The molecule has 0 amide bonds. The Labute approximate surface area is 133 Å². The molecule has 5 nitrogen and oxygen atoms in total. The van der Waals surface area contributed by atoms with Gasteiger partial charge in [0, 0.05) is 11.1 Å². The molecule has 5 heteroatoms. The molecular weight excluding hydrogens is 290 g/mol. The molecule has 0 radical (unpaired) electrons. The van der Waals surface area contributed by atoms with E-state index < -0.39 is 0 Å². The van der Waals surface area contributed by atoms with Crippen LogP contribution in [0.25, 0.3) is 22.5 Å². The van der Waals surface area contributed by atoms with E-state index in [0.29, 0.717) is 0 Å². The molecule has 0 fully saturated rings. The van der Waals surface area contributed by atoms with Gasteiger partial charge in [0.15, 0.2) is 11.5 Å². The number of nitrogens with two attached hydrogens (primary N) is 1. The second-order valence-electron chi connectivity index (χ2n) is 5.43. The number of nitrogen functional groups attached to an aromatic ring is 1. The van der Waals surface area contributed by atoms with Gasteiger partial charge in [0.25, 0.3) is 0 Å². The first-order valence-corrected chi connectivity index (χ1v) is 7.31. The van der Waals surface area contributed by atoms with Crippen molar-refractivity contribution in [2.45, 2.75) is 6.92 Å². The van der Waals surface area contributed by atoms with Crippen molar-refractivity contribution in [2.24, 2.45) is 0 Å². The molecule has 2 N–H and O–H groups in total. The number of nitrogens with zero attached hydrogens (tertiary/aromatic N) is 2. The quantitative estimate of drug-likeness (QED) is 0.785. The lowest BCUT2D eigenvalue weighted by atomic mass is 10.1. The SMILES string of the molecule is Cc1ccc(-c2cc(-c3ccc4c(c3)OCO4)nc(N)n2)cc1. The third-order valence-electron chi connectivity index (χ3n) is 3.76. The van der Waals surface area contributed by atoms with Crippen molar-refractivity contribution in [1.82, 2.24) is 9.97 Å². The van der Waals surface area contributed by atoms with Crippen LogP contribution in [0, 0.1) is 6.92 Å². The van der Waals surface area contributed by atoms with Crippen LogP contribution >= 0.6 is 0 Å². The number of anilines is 1. The van der Waals surface area contributed by atoms with Crippen LogP contribution in [0.5, 0.6) is 11.5 Å². The van der Waals surface area contributed by atoms with Crippen LogP contribution in [0.4, 0.5) is 5.95 Å². The fourth-order valence-corrected chi connectivity index (χ4v) is 2.54. The monoisotopic (exact) mass is 305 g/mol. The van der Waals surface area contributed by atoms with Crippen LogP contribution in [0.3, 0.4) is 0 Å². The molecule has 0 spiro atoms. The minimum absolute atomic E-state index is 0.246. The van der Waals surface area contributed by atoms with Crippen LogP contribution in [0.15, 0.2) is 48.5 Å². The Bertz CT molecular complexity index is 876. The fourth-order valence-electron chi connectivity index (χ4n) is 2.54. The van der Waals surface area contributed by atoms with Gasteiger partial charge in [0.1, 0.15) is 0 Å². The van der Waals surface area contributed by atoms with Crippen molar-refractivity contribution in [3.8, 4) is 34.0 Å². The van der Waals surface area contributed by atoms with Gasteiger partial charge in [-0.1, -0.05) is 29.8 Å². The highest BCUT2D eigenvalue weighted by Gasteiger charge is 2.15. The van der Waals surface area contributed by atoms with Gasteiger partial charge >= 0.3 is 0 Å². The Morgan fingerprint density at radius 3 is 2.26 bits per heavy atom. The van der Waals surface area contributed by atoms with Gasteiger partial charge in [-0.25, -0.2) is 9.97 Å². The summed E-state index contributed by atoms with van der Waals surface area (Å²) in [6.07, 6.45) is 0. The lowest BCUT2D eigenvalue weighted by Crippen LogP contribution is -1.98. The van der Waals surface area contributed by atoms with Gasteiger partial charge in [0.2, 0.25) is 12.7 Å². The van der Waals surface area contributed by atoms with Crippen LogP contribution < -0.4 is 15.2 Å². The smallest absolute Gasteiger partial charge is 0.231 e. The molecule has 0 aliphatic carbocycles. The Balaban J connectivity index is 1.79. The number of fused-ring (bicyclic) bond motifs is 1. The zero-order valence-corrected chi connectivity index (χ0v) is 12.6. The number of aryl methyl sites for hydroxylation is 1. The Morgan fingerprint density at radius 1 is 0.826 bits per heavy atom. The summed E-state index contributed by atoms with van der Waals surface area (Å²) in [4.78, 5) is 8.69. The van der Waals surface area contributed by atoms with Gasteiger partial charge < -0.3 is 15.2 Å². The van der Waals surface area contributed by atoms with Gasteiger partial charge in [0.05, 0.1) is 11.4 Å². The maximum atomic E-state index is 5.90. The highest BCUT2D eigenvalue weighted by atomic mass is 16.7. The van der Waals surface area contributed by atoms with Crippen molar-refractivity contribution in [2.75, 3.05) is 12.5 Å². The number of hydrogen-bond donors (Lipinski definition) is 1. The molecule has 0 saturated carbocycles. The lowest BCUT2D eigenvalue weighted by Gasteiger charge is -2.07. The molecule has 0 saturated heterocycles. The second kappa shape index (κ2) is 5.28. The molecule has 1 aliphatic rings. The third-order valence-corrected chi connectivity index (χ3v) is 3.76. The first-order chi connectivity index (χ1) is 11.2. The van der Waals surface area contributed by atoms with Crippen LogP contribution in [0.1, 0.15) is 5.56 Å². The molecule has 2 heterocycles. The molecule has 23 heavy (non-hydrogen) atoms. The van der Waals surface area contributed by atoms with Crippen molar-refractivity contribution in [3.05, 3.63) is 54.1 Å². The van der Waals surface area contributed by atoms with Gasteiger partial charge in [-0.05, 0) is 31.2 Å². The number of benzene rings is 2. The topological polar surface area (TPSA) is 70.3 Å². The Morgan fingerprint density at radius 2 is 1.48 bits per heavy atom. The van der Waals surface area contributed by atoms with E-state index in [0.717, 1.165) is 34.0 Å². The predicted molar refractivity (Wildman–Crippen MR) is 88.2 cm³/mol. The molecule has 0 unspecified atom stereocenters. The zero-order chi connectivity index (χ0) is 15.8. The first-order valence-electron chi connectivity index (χ1n) is 7.31. The summed E-state index contributed by atoms with van der Waals surface area (Å²) in [6.45, 7) is 2.30. The van der Waals surface area contributed by atoms with Gasteiger partial charge in [-0.15, -0.1) is 0 Å². The van der Waals surface area contributed by atoms with Gasteiger partial charge in [-0.2, -0.15) is 0 Å². The molecule has 114 valence electrons. The average molecular weight is 305 g/mol. The van der Waals surface area contributed by atoms with E-state index in [1.807, 2.05) is 48.5 Å². The molecule has 0 bridgehead atoms. The Hall–Kier alpha value is -3.08. The first kappa shape index (κ1) is 13.6. The third kappa shape index (κ3) is 2.57. The van der Waals surface area contributed by atoms with E-state index in [1.54, 1.807) is 0 Å². The second-order valence-corrected chi connectivity index (χ2v) is 5.43. The van der Waals surface area contributed by atoms with Crippen LogP contribution in [0.2, 0.25) is 0 Å². The van der Waals surface area contributed by atoms with Crippen molar-refractivity contribution in [1.29, 1.82) is 0 Å². The Kier molecular flexibility index (Phi) is 3.12. The number of rotatable bonds is 2. The van der Waals surface area contributed by atoms with E-state index >= 15 is 0 Å². The molecule has 0 atom stereocenters. The summed E-state index contributed by atoms with van der Waals surface area (Å²) in [5.41, 5.74) is 10.6. The van der Waals surface area contributed by atoms with Crippen molar-refractivity contribution in [3.63, 3.8) is 0 Å². The normalized spacial score (nSPS) is 12.4. The molecule has 3 aromatic rings. The molecule has 1 aromatic heterocycles. The summed E-state index contributed by atoms with van der Waals surface area (Å²) in [5, 5.41) is 0. The van der Waals surface area contributed by atoms with E-state index in [4.69, 9.17) is 15.2 Å². The zero-order valence-electron chi connectivity index (χ0n) is 12.6. The summed E-state index contributed by atoms with van der Waals surface area (Å²) >= 11 is 0. The molecular formula is C18H15N3O2. The standard InChI is InChI=1S/C18H15N3O2/c1-11-2-4-12(5-3-11)14-9-15(21-18(19)20-14)13-6-7-16-17(8-13)23-10-22-16/h2-9H,10H2,1H3,(H2,19,20,21). The molecule has 4 rings (SSSR count). The van der Waals surface area contributed by atoms with Crippen LogP contribution in [-0.4, -0.2) is 16.8 Å². The van der Waals surface area contributed by atoms with E-state index in [9.17, 15) is 0 Å². The average Bonchev–Trinajstić information content (AvgIpc) is 3.02. The fraction of sp³-hybridized carbons (Fsp3) is 0.111. The summed E-state index contributed by atoms with van der Waals surface area (Å²) in [5.74, 6) is 1.71. The highest BCUT2D eigenvalue weighted by Crippen LogP contribution is 2.36. The minimum atomic E-state index is 0.246. The van der Waals surface area contributed by atoms with E-state index in [2.05, 4.69) is 16.9 Å². The summed E-state index contributed by atoms with van der Waals surface area (Å²) < 4.78 is 10.8. The number of ether oxygens (including phenoxy) is 2. The highest BCUT2D eigenvalue weighted by molar-refractivity contribution is 5.71. The van der Waals surface area contributed by atoms with Crippen molar-refractivity contribution >= 4 is 5.95 Å². The van der Waals surface area contributed by atoms with E-state index in [1.165, 1.54) is 5.56 Å². The summed E-state index contributed by atoms with van der Waals surface area (Å²) in [6, 6.07) is 15.8. The lowest BCUT2D eigenvalue weighted by molar-refractivity contribution is 0.174. The maximum absolute atomic E-state index is 5.90. The van der Waals surface area contributed by atoms with Crippen molar-refractivity contribution < 1.29 is 9.47 Å². The number of aromatic nitrogens is 2. The van der Waals surface area contributed by atoms with Gasteiger partial charge in [-0.3, -0.25) is 0 Å². The largest absolute Gasteiger partial charge is 0.454 e. The molecule has 1 aliphatic heterocycles. The molecule has 2 aromatic carbocycles. The number of hydrogen-bond acceptors (Lipinski definition) is 5. The summed E-state index contributed by atoms with van der Waals surface area (Å²) in [7, 11) is 0. The van der Waals surface area contributed by atoms with E-state index in [-0.39, 0.29) is 12.7 Å². The minimum Gasteiger partial charge on any atom is -0.454 e. The van der Waals surface area contributed by atoms with Crippen LogP contribution in [-0.2, 0) is 0 Å².